The summed E-state index contributed by atoms with van der Waals surface area (Å²) in [6, 6.07) is 11.6. The van der Waals surface area contributed by atoms with Gasteiger partial charge in [-0.25, -0.2) is 4.79 Å². The van der Waals surface area contributed by atoms with Gasteiger partial charge in [0.25, 0.3) is 5.91 Å². The van der Waals surface area contributed by atoms with E-state index in [1.165, 1.54) is 11.3 Å². The van der Waals surface area contributed by atoms with Crippen molar-refractivity contribution in [1.82, 2.24) is 5.32 Å². The van der Waals surface area contributed by atoms with Gasteiger partial charge in [-0.2, -0.15) is 0 Å². The molecule has 1 N–H and O–H groups in total. The van der Waals surface area contributed by atoms with E-state index < -0.39 is 5.97 Å². The van der Waals surface area contributed by atoms with Crippen molar-refractivity contribution in [2.45, 2.75) is 20.3 Å². The van der Waals surface area contributed by atoms with Crippen LogP contribution in [0.4, 0.5) is 0 Å². The molecular formula is C19H21NO3S. The van der Waals surface area contributed by atoms with Crippen molar-refractivity contribution in [1.29, 1.82) is 0 Å². The summed E-state index contributed by atoms with van der Waals surface area (Å²) in [5.74, 6) is -0.781. The molecule has 0 aliphatic heterocycles. The number of esters is 1. The van der Waals surface area contributed by atoms with Gasteiger partial charge in [0.1, 0.15) is 0 Å². The summed E-state index contributed by atoms with van der Waals surface area (Å²) in [6.07, 6.45) is 2.64. The topological polar surface area (TPSA) is 55.4 Å². The van der Waals surface area contributed by atoms with Crippen LogP contribution in [0.25, 0.3) is 11.6 Å². The highest BCUT2D eigenvalue weighted by Crippen LogP contribution is 2.24. The van der Waals surface area contributed by atoms with Crippen LogP contribution >= 0.6 is 11.3 Å². The SMILES string of the molecule is CCCNC(=O)COC(=O)/C(=C/c1cccc(C)c1)c1cccs1. The van der Waals surface area contributed by atoms with Crippen molar-refractivity contribution < 1.29 is 14.3 Å². The number of amides is 1. The van der Waals surface area contributed by atoms with Gasteiger partial charge < -0.3 is 10.1 Å². The molecule has 0 spiro atoms. The molecule has 2 aromatic rings. The van der Waals surface area contributed by atoms with Gasteiger partial charge >= 0.3 is 5.97 Å². The van der Waals surface area contributed by atoms with E-state index in [0.29, 0.717) is 12.1 Å². The third-order valence-corrected chi connectivity index (χ3v) is 4.17. The maximum Gasteiger partial charge on any atom is 0.340 e. The minimum Gasteiger partial charge on any atom is -0.452 e. The fourth-order valence-electron chi connectivity index (χ4n) is 2.11. The summed E-state index contributed by atoms with van der Waals surface area (Å²) >= 11 is 1.46. The van der Waals surface area contributed by atoms with Gasteiger partial charge in [-0.1, -0.05) is 42.8 Å². The van der Waals surface area contributed by atoms with Crippen molar-refractivity contribution in [3.63, 3.8) is 0 Å². The lowest BCUT2D eigenvalue weighted by molar-refractivity contribution is -0.142. The molecule has 0 radical (unpaired) electrons. The maximum absolute atomic E-state index is 12.4. The minimum atomic E-state index is -0.495. The minimum absolute atomic E-state index is 0.268. The van der Waals surface area contributed by atoms with E-state index in [9.17, 15) is 9.59 Å². The molecule has 2 rings (SSSR count). The summed E-state index contributed by atoms with van der Waals surface area (Å²) < 4.78 is 5.18. The first-order chi connectivity index (χ1) is 11.6. The van der Waals surface area contributed by atoms with Crippen molar-refractivity contribution in [3.8, 4) is 0 Å². The summed E-state index contributed by atoms with van der Waals surface area (Å²) in [7, 11) is 0. The van der Waals surface area contributed by atoms with Crippen LogP contribution in [0.1, 0.15) is 29.3 Å². The Kier molecular flexibility index (Phi) is 6.75. The van der Waals surface area contributed by atoms with E-state index in [4.69, 9.17) is 4.74 Å². The molecule has 5 heteroatoms. The van der Waals surface area contributed by atoms with Gasteiger partial charge in [0.05, 0.1) is 5.57 Å². The van der Waals surface area contributed by atoms with E-state index in [1.807, 2.05) is 55.6 Å². The zero-order chi connectivity index (χ0) is 17.4. The Labute approximate surface area is 146 Å². The number of carbonyl (C=O) groups excluding carboxylic acids is 2. The van der Waals surface area contributed by atoms with E-state index in [1.54, 1.807) is 6.08 Å². The lowest BCUT2D eigenvalue weighted by Crippen LogP contribution is -2.29. The van der Waals surface area contributed by atoms with Crippen molar-refractivity contribution in [3.05, 3.63) is 57.8 Å². The van der Waals surface area contributed by atoms with E-state index in [2.05, 4.69) is 5.32 Å². The number of benzene rings is 1. The summed E-state index contributed by atoms with van der Waals surface area (Å²) in [5, 5.41) is 4.59. The molecule has 0 saturated heterocycles. The van der Waals surface area contributed by atoms with Crippen LogP contribution in [-0.4, -0.2) is 25.0 Å². The fourth-order valence-corrected chi connectivity index (χ4v) is 2.84. The molecule has 1 heterocycles. The van der Waals surface area contributed by atoms with Crippen molar-refractivity contribution >= 4 is 34.9 Å². The first-order valence-electron chi connectivity index (χ1n) is 7.86. The second-order valence-corrected chi connectivity index (χ2v) is 6.32. The normalized spacial score (nSPS) is 11.2. The molecular weight excluding hydrogens is 322 g/mol. The van der Waals surface area contributed by atoms with Crippen LogP contribution in [0.15, 0.2) is 41.8 Å². The number of aryl methyl sites for hydroxylation is 1. The number of thiophene rings is 1. The molecule has 1 amide bonds. The van der Waals surface area contributed by atoms with Gasteiger partial charge in [-0.15, -0.1) is 11.3 Å². The Morgan fingerprint density at radius 2 is 2.08 bits per heavy atom. The third-order valence-electron chi connectivity index (χ3n) is 3.27. The zero-order valence-corrected chi connectivity index (χ0v) is 14.7. The highest BCUT2D eigenvalue weighted by atomic mass is 32.1. The molecule has 126 valence electrons. The van der Waals surface area contributed by atoms with E-state index >= 15 is 0 Å². The van der Waals surface area contributed by atoms with Gasteiger partial charge in [-0.05, 0) is 36.4 Å². The highest BCUT2D eigenvalue weighted by Gasteiger charge is 2.16. The first-order valence-corrected chi connectivity index (χ1v) is 8.74. The molecule has 0 bridgehead atoms. The number of carbonyl (C=O) groups is 2. The third kappa shape index (κ3) is 5.35. The first kappa shape index (κ1) is 17.9. The maximum atomic E-state index is 12.4. The monoisotopic (exact) mass is 343 g/mol. The van der Waals surface area contributed by atoms with Gasteiger partial charge in [-0.3, -0.25) is 4.79 Å². The highest BCUT2D eigenvalue weighted by molar-refractivity contribution is 7.11. The molecule has 4 nitrogen and oxygen atoms in total. The molecule has 1 aromatic carbocycles. The Hall–Kier alpha value is -2.40. The lowest BCUT2D eigenvalue weighted by atomic mass is 10.1. The number of rotatable bonds is 7. The van der Waals surface area contributed by atoms with Crippen LogP contribution in [0.2, 0.25) is 0 Å². The van der Waals surface area contributed by atoms with Crippen LogP contribution in [-0.2, 0) is 14.3 Å². The second kappa shape index (κ2) is 9.03. The molecule has 0 saturated carbocycles. The van der Waals surface area contributed by atoms with Crippen LogP contribution in [0.3, 0.4) is 0 Å². The largest absolute Gasteiger partial charge is 0.452 e. The fraction of sp³-hybridized carbons (Fsp3) is 0.263. The summed E-state index contributed by atoms with van der Waals surface area (Å²) in [4.78, 5) is 24.9. The average molecular weight is 343 g/mol. The lowest BCUT2D eigenvalue weighted by Gasteiger charge is -2.08. The predicted octanol–water partition coefficient (Wildman–Crippen LogP) is 3.67. The van der Waals surface area contributed by atoms with Gasteiger partial charge in [0.2, 0.25) is 0 Å². The number of nitrogens with one attached hydrogen (secondary N) is 1. The van der Waals surface area contributed by atoms with Crippen LogP contribution in [0, 0.1) is 6.92 Å². The molecule has 0 aliphatic carbocycles. The Balaban J connectivity index is 2.15. The predicted molar refractivity (Wildman–Crippen MR) is 97.6 cm³/mol. The number of ether oxygens (including phenoxy) is 1. The zero-order valence-electron chi connectivity index (χ0n) is 13.9. The van der Waals surface area contributed by atoms with Crippen LogP contribution in [0.5, 0.6) is 0 Å². The average Bonchev–Trinajstić information content (AvgIpc) is 3.10. The second-order valence-electron chi connectivity index (χ2n) is 5.38. The van der Waals surface area contributed by atoms with E-state index in [0.717, 1.165) is 22.4 Å². The number of hydrogen-bond donors (Lipinski definition) is 1. The Bertz CT molecular complexity index is 720. The van der Waals surface area contributed by atoms with Crippen molar-refractivity contribution in [2.24, 2.45) is 0 Å². The quantitative estimate of drug-likeness (QED) is 0.616. The number of hydrogen-bond acceptors (Lipinski definition) is 4. The standard InChI is InChI=1S/C19H21NO3S/c1-3-9-20-18(21)13-23-19(22)16(17-8-5-10-24-17)12-15-7-4-6-14(2)11-15/h4-8,10-12H,3,9,13H2,1-2H3,(H,20,21)/b16-12+. The van der Waals surface area contributed by atoms with Gasteiger partial charge in [0, 0.05) is 11.4 Å². The Morgan fingerprint density at radius 1 is 1.25 bits per heavy atom. The van der Waals surface area contributed by atoms with E-state index in [-0.39, 0.29) is 12.5 Å². The molecule has 0 atom stereocenters. The molecule has 1 aromatic heterocycles. The summed E-state index contributed by atoms with van der Waals surface area (Å²) in [5.41, 5.74) is 2.49. The molecule has 0 fully saturated rings. The van der Waals surface area contributed by atoms with Crippen LogP contribution < -0.4 is 5.32 Å². The van der Waals surface area contributed by atoms with Crippen molar-refractivity contribution in [2.75, 3.05) is 13.2 Å². The summed E-state index contributed by atoms with van der Waals surface area (Å²) in [6.45, 7) is 4.27. The van der Waals surface area contributed by atoms with Gasteiger partial charge in [0.15, 0.2) is 6.61 Å². The molecule has 24 heavy (non-hydrogen) atoms. The molecule has 0 unspecified atom stereocenters. The smallest absolute Gasteiger partial charge is 0.340 e. The Morgan fingerprint density at radius 3 is 2.75 bits per heavy atom. The molecule has 0 aliphatic rings.